The lowest BCUT2D eigenvalue weighted by Crippen LogP contribution is -2.54. The largest absolute Gasteiger partial charge is 0.497 e. The number of ketones is 2. The number of methoxy groups -OCH3 is 2. The molecule has 0 aliphatic carbocycles. The molecule has 0 aliphatic rings. The van der Waals surface area contributed by atoms with E-state index in [2.05, 4.69) is 5.32 Å². The van der Waals surface area contributed by atoms with Crippen LogP contribution >= 0.6 is 11.3 Å². The van der Waals surface area contributed by atoms with Crippen LogP contribution in [-0.4, -0.2) is 48.5 Å². The van der Waals surface area contributed by atoms with E-state index in [-0.39, 0.29) is 18.0 Å². The highest BCUT2D eigenvalue weighted by atomic mass is 32.1. The van der Waals surface area contributed by atoms with Gasteiger partial charge in [-0.1, -0.05) is 36.4 Å². The summed E-state index contributed by atoms with van der Waals surface area (Å²) in [6.07, 6.45) is 0. The number of nitrogens with zero attached hydrogens (tertiary/aromatic N) is 1. The number of hydrogen-bond donors (Lipinski definition) is 1. The topological polar surface area (TPSA) is 102 Å². The van der Waals surface area contributed by atoms with E-state index in [0.717, 1.165) is 21.8 Å². The van der Waals surface area contributed by atoms with Gasteiger partial charge < -0.3 is 19.7 Å². The first-order valence-electron chi connectivity index (χ1n) is 10.8. The van der Waals surface area contributed by atoms with E-state index in [1.807, 2.05) is 30.3 Å². The van der Waals surface area contributed by atoms with Crippen LogP contribution in [0.2, 0.25) is 0 Å². The fourth-order valence-corrected chi connectivity index (χ4v) is 4.16. The Labute approximate surface area is 207 Å². The average molecular weight is 495 g/mol. The predicted octanol–water partition coefficient (Wildman–Crippen LogP) is 3.25. The van der Waals surface area contributed by atoms with E-state index in [4.69, 9.17) is 9.47 Å². The van der Waals surface area contributed by atoms with Crippen LogP contribution in [0.15, 0.2) is 66.0 Å². The van der Waals surface area contributed by atoms with Gasteiger partial charge in [-0.05, 0) is 41.6 Å². The van der Waals surface area contributed by atoms with Gasteiger partial charge in [0.2, 0.25) is 0 Å². The maximum absolute atomic E-state index is 13.4. The maximum Gasteiger partial charge on any atom is 0.297 e. The van der Waals surface area contributed by atoms with E-state index >= 15 is 0 Å². The molecule has 2 aromatic carbocycles. The van der Waals surface area contributed by atoms with Crippen molar-refractivity contribution in [1.29, 1.82) is 0 Å². The fourth-order valence-electron chi connectivity index (χ4n) is 3.51. The molecule has 8 nitrogen and oxygen atoms in total. The number of carbonyl (C=O) groups is 4. The monoisotopic (exact) mass is 494 g/mol. The van der Waals surface area contributed by atoms with Gasteiger partial charge in [0.15, 0.2) is 11.8 Å². The van der Waals surface area contributed by atoms with Gasteiger partial charge in [-0.25, -0.2) is 0 Å². The molecule has 0 fully saturated rings. The molecule has 0 saturated carbocycles. The molecule has 3 rings (SSSR count). The normalized spacial score (nSPS) is 11.3. The Morgan fingerprint density at radius 3 is 2.11 bits per heavy atom. The van der Waals surface area contributed by atoms with E-state index in [9.17, 15) is 19.2 Å². The summed E-state index contributed by atoms with van der Waals surface area (Å²) in [4.78, 5) is 53.4. The van der Waals surface area contributed by atoms with Crippen molar-refractivity contribution in [3.8, 4) is 11.5 Å². The van der Waals surface area contributed by atoms with Crippen molar-refractivity contribution in [3.05, 3.63) is 82.0 Å². The van der Waals surface area contributed by atoms with Crippen LogP contribution in [0.4, 0.5) is 0 Å². The third-order valence-electron chi connectivity index (χ3n) is 5.22. The number of nitrogens with one attached hydrogen (secondary N) is 1. The van der Waals surface area contributed by atoms with Crippen molar-refractivity contribution in [1.82, 2.24) is 10.2 Å². The molecule has 2 amide bonds. The van der Waals surface area contributed by atoms with Crippen LogP contribution in [-0.2, 0) is 27.5 Å². The summed E-state index contributed by atoms with van der Waals surface area (Å²) in [5.74, 6) is -2.07. The lowest BCUT2D eigenvalue weighted by atomic mass is 10.1. The van der Waals surface area contributed by atoms with Gasteiger partial charge >= 0.3 is 0 Å². The molecule has 1 N–H and O–H groups in total. The molecule has 1 unspecified atom stereocenters. The van der Waals surface area contributed by atoms with Gasteiger partial charge in [-0.3, -0.25) is 19.2 Å². The first-order chi connectivity index (χ1) is 16.8. The predicted molar refractivity (Wildman–Crippen MR) is 132 cm³/mol. The third-order valence-corrected chi connectivity index (χ3v) is 6.09. The zero-order chi connectivity index (χ0) is 25.4. The van der Waals surface area contributed by atoms with Gasteiger partial charge in [0, 0.05) is 19.2 Å². The van der Waals surface area contributed by atoms with Gasteiger partial charge in [0.1, 0.15) is 11.5 Å². The van der Waals surface area contributed by atoms with Crippen LogP contribution in [0.5, 0.6) is 11.5 Å². The molecule has 1 heterocycles. The zero-order valence-electron chi connectivity index (χ0n) is 19.6. The molecular weight excluding hydrogens is 468 g/mol. The highest BCUT2D eigenvalue weighted by Crippen LogP contribution is 2.25. The number of hydrogen-bond acceptors (Lipinski definition) is 7. The molecule has 0 aliphatic heterocycles. The second kappa shape index (κ2) is 11.9. The molecule has 35 heavy (non-hydrogen) atoms. The SMILES string of the molecule is COc1cc(CN(C(=O)C(=O)c2cccs2)C(C(C)=O)C(=O)NCc2ccccc2)cc(OC)c1. The van der Waals surface area contributed by atoms with Crippen LogP contribution in [0, 0.1) is 0 Å². The minimum Gasteiger partial charge on any atom is -0.497 e. The smallest absolute Gasteiger partial charge is 0.297 e. The van der Waals surface area contributed by atoms with E-state index in [0.29, 0.717) is 17.1 Å². The summed E-state index contributed by atoms with van der Waals surface area (Å²) < 4.78 is 10.6. The lowest BCUT2D eigenvalue weighted by Gasteiger charge is -2.29. The Bertz CT molecular complexity index is 1170. The second-order valence-electron chi connectivity index (χ2n) is 7.68. The number of Topliss-reactive ketones (excluding diaryl/α,β-unsaturated/α-hetero) is 2. The van der Waals surface area contributed by atoms with E-state index in [1.54, 1.807) is 29.6 Å². The minimum absolute atomic E-state index is 0.164. The summed E-state index contributed by atoms with van der Waals surface area (Å²) in [5.41, 5.74) is 1.35. The van der Waals surface area contributed by atoms with Gasteiger partial charge in [-0.15, -0.1) is 11.3 Å². The number of thiophene rings is 1. The first kappa shape index (κ1) is 25.6. The highest BCUT2D eigenvalue weighted by molar-refractivity contribution is 7.13. The standard InChI is InChI=1S/C26H26N2O6S/c1-17(29)23(25(31)27-15-18-8-5-4-6-9-18)28(26(32)24(30)22-10-7-11-35-22)16-19-12-20(33-2)14-21(13-19)34-3/h4-14,23H,15-16H2,1-3H3,(H,27,31). The summed E-state index contributed by atoms with van der Waals surface area (Å²) >= 11 is 1.11. The lowest BCUT2D eigenvalue weighted by molar-refractivity contribution is -0.144. The molecule has 3 aromatic rings. The van der Waals surface area contributed by atoms with Crippen molar-refractivity contribution >= 4 is 34.7 Å². The van der Waals surface area contributed by atoms with Crippen molar-refractivity contribution < 1.29 is 28.7 Å². The van der Waals surface area contributed by atoms with Crippen LogP contribution < -0.4 is 14.8 Å². The van der Waals surface area contributed by atoms with Crippen molar-refractivity contribution in [3.63, 3.8) is 0 Å². The minimum atomic E-state index is -1.51. The molecule has 0 bridgehead atoms. The number of carbonyl (C=O) groups excluding carboxylic acids is 4. The third kappa shape index (κ3) is 6.54. The summed E-state index contributed by atoms with van der Waals surface area (Å²) in [6.45, 7) is 1.19. The molecule has 1 aromatic heterocycles. The quantitative estimate of drug-likeness (QED) is 0.249. The molecular formula is C26H26N2O6S. The van der Waals surface area contributed by atoms with Crippen molar-refractivity contribution in [2.75, 3.05) is 14.2 Å². The Balaban J connectivity index is 1.95. The zero-order valence-corrected chi connectivity index (χ0v) is 20.5. The van der Waals surface area contributed by atoms with Crippen molar-refractivity contribution in [2.24, 2.45) is 0 Å². The fraction of sp³-hybridized carbons (Fsp3) is 0.231. The molecule has 9 heteroatoms. The van der Waals surface area contributed by atoms with Crippen LogP contribution in [0.3, 0.4) is 0 Å². The number of rotatable bonds is 11. The molecule has 0 spiro atoms. The van der Waals surface area contributed by atoms with Gasteiger partial charge in [0.25, 0.3) is 17.6 Å². The summed E-state index contributed by atoms with van der Waals surface area (Å²) in [7, 11) is 2.97. The Morgan fingerprint density at radius 2 is 1.57 bits per heavy atom. The number of amides is 2. The Morgan fingerprint density at radius 1 is 0.914 bits per heavy atom. The molecule has 1 atom stereocenters. The van der Waals surface area contributed by atoms with Gasteiger partial charge in [-0.2, -0.15) is 0 Å². The Kier molecular flexibility index (Phi) is 8.74. The Hall–Kier alpha value is -3.98. The van der Waals surface area contributed by atoms with Crippen molar-refractivity contribution in [2.45, 2.75) is 26.1 Å². The van der Waals surface area contributed by atoms with E-state index < -0.39 is 29.4 Å². The molecule has 182 valence electrons. The summed E-state index contributed by atoms with van der Waals surface area (Å²) in [5, 5.41) is 4.38. The molecule has 0 radical (unpaired) electrons. The summed E-state index contributed by atoms with van der Waals surface area (Å²) in [6, 6.07) is 15.8. The first-order valence-corrected chi connectivity index (χ1v) is 11.6. The number of benzene rings is 2. The average Bonchev–Trinajstić information content (AvgIpc) is 3.41. The maximum atomic E-state index is 13.4. The van der Waals surface area contributed by atoms with Crippen LogP contribution in [0.25, 0.3) is 0 Å². The van der Waals surface area contributed by atoms with Crippen LogP contribution in [0.1, 0.15) is 27.7 Å². The van der Waals surface area contributed by atoms with Gasteiger partial charge in [0.05, 0.1) is 19.1 Å². The highest BCUT2D eigenvalue weighted by Gasteiger charge is 2.37. The van der Waals surface area contributed by atoms with E-state index in [1.165, 1.54) is 27.2 Å². The second-order valence-corrected chi connectivity index (χ2v) is 8.62. The number of ether oxygens (including phenoxy) is 2. The molecule has 0 saturated heterocycles.